The van der Waals surface area contributed by atoms with Crippen molar-refractivity contribution in [3.63, 3.8) is 0 Å². The van der Waals surface area contributed by atoms with E-state index in [1.807, 2.05) is 6.07 Å². The summed E-state index contributed by atoms with van der Waals surface area (Å²) in [6, 6.07) is 4.50. The minimum absolute atomic E-state index is 0.471. The molecule has 1 aromatic heterocycles. The molecule has 1 rings (SSSR count). The minimum atomic E-state index is 0.471. The average molecular weight is 250 g/mol. The SMILES string of the molecule is CC(C)CCCOc1ncccc1CNC(C)C. The van der Waals surface area contributed by atoms with Crippen molar-refractivity contribution in [1.82, 2.24) is 10.3 Å². The van der Waals surface area contributed by atoms with Crippen molar-refractivity contribution in [2.24, 2.45) is 5.92 Å². The van der Waals surface area contributed by atoms with Crippen LogP contribution in [0.2, 0.25) is 0 Å². The van der Waals surface area contributed by atoms with E-state index in [1.165, 1.54) is 6.42 Å². The molecule has 0 amide bonds. The van der Waals surface area contributed by atoms with E-state index >= 15 is 0 Å². The molecule has 0 spiro atoms. The summed E-state index contributed by atoms with van der Waals surface area (Å²) in [4.78, 5) is 4.31. The highest BCUT2D eigenvalue weighted by atomic mass is 16.5. The van der Waals surface area contributed by atoms with Crippen molar-refractivity contribution in [3.05, 3.63) is 23.9 Å². The molecule has 3 heteroatoms. The van der Waals surface area contributed by atoms with Crippen LogP contribution in [0.1, 0.15) is 46.1 Å². The molecule has 0 aromatic carbocycles. The standard InChI is InChI=1S/C15H26N2O/c1-12(2)7-6-10-18-15-14(8-5-9-16-15)11-17-13(3)4/h5,8-9,12-13,17H,6-7,10-11H2,1-4H3. The van der Waals surface area contributed by atoms with Crippen LogP contribution < -0.4 is 10.1 Å². The third kappa shape index (κ3) is 6.01. The molecule has 1 N–H and O–H groups in total. The van der Waals surface area contributed by atoms with Crippen LogP contribution in [0, 0.1) is 5.92 Å². The summed E-state index contributed by atoms with van der Waals surface area (Å²) in [5.41, 5.74) is 1.13. The lowest BCUT2D eigenvalue weighted by Gasteiger charge is -2.13. The van der Waals surface area contributed by atoms with Crippen LogP contribution in [0.15, 0.2) is 18.3 Å². The largest absolute Gasteiger partial charge is 0.477 e. The number of rotatable bonds is 8. The average Bonchev–Trinajstić information content (AvgIpc) is 2.33. The first-order valence-electron chi connectivity index (χ1n) is 6.89. The third-order valence-electron chi connectivity index (χ3n) is 2.72. The van der Waals surface area contributed by atoms with Gasteiger partial charge in [0.15, 0.2) is 0 Å². The number of pyridine rings is 1. The van der Waals surface area contributed by atoms with Gasteiger partial charge >= 0.3 is 0 Å². The van der Waals surface area contributed by atoms with Crippen LogP contribution in [-0.2, 0) is 6.54 Å². The Labute approximate surface area is 111 Å². The van der Waals surface area contributed by atoms with Crippen molar-refractivity contribution >= 4 is 0 Å². The van der Waals surface area contributed by atoms with E-state index < -0.39 is 0 Å². The van der Waals surface area contributed by atoms with Crippen LogP contribution >= 0.6 is 0 Å². The minimum Gasteiger partial charge on any atom is -0.477 e. The van der Waals surface area contributed by atoms with Crippen molar-refractivity contribution in [1.29, 1.82) is 0 Å². The second kappa shape index (κ2) is 8.09. The predicted octanol–water partition coefficient (Wildman–Crippen LogP) is 3.39. The van der Waals surface area contributed by atoms with Crippen molar-refractivity contribution in [3.8, 4) is 5.88 Å². The van der Waals surface area contributed by atoms with E-state index in [-0.39, 0.29) is 0 Å². The molecule has 0 bridgehead atoms. The van der Waals surface area contributed by atoms with Crippen LogP contribution in [0.5, 0.6) is 5.88 Å². The Bertz CT molecular complexity index is 337. The fourth-order valence-electron chi connectivity index (χ4n) is 1.66. The van der Waals surface area contributed by atoms with Gasteiger partial charge in [0.2, 0.25) is 5.88 Å². The van der Waals surface area contributed by atoms with Gasteiger partial charge in [0, 0.05) is 24.3 Å². The van der Waals surface area contributed by atoms with Crippen molar-refractivity contribution < 1.29 is 4.74 Å². The Hall–Kier alpha value is -1.09. The first kappa shape index (κ1) is 15.0. The molecule has 0 unspecified atom stereocenters. The van der Waals surface area contributed by atoms with E-state index in [2.05, 4.69) is 44.1 Å². The van der Waals surface area contributed by atoms with Crippen LogP contribution in [-0.4, -0.2) is 17.6 Å². The molecule has 1 aromatic rings. The van der Waals surface area contributed by atoms with Gasteiger partial charge in [0.25, 0.3) is 0 Å². The molecule has 18 heavy (non-hydrogen) atoms. The van der Waals surface area contributed by atoms with Gasteiger partial charge < -0.3 is 10.1 Å². The first-order chi connectivity index (χ1) is 8.59. The van der Waals surface area contributed by atoms with Gasteiger partial charge in [-0.1, -0.05) is 33.8 Å². The smallest absolute Gasteiger partial charge is 0.217 e. The molecular formula is C15H26N2O. The number of nitrogens with zero attached hydrogens (tertiary/aromatic N) is 1. The summed E-state index contributed by atoms with van der Waals surface area (Å²) in [5, 5.41) is 3.39. The highest BCUT2D eigenvalue weighted by Gasteiger charge is 2.05. The Kier molecular flexibility index (Phi) is 6.73. The molecule has 3 nitrogen and oxygen atoms in total. The van der Waals surface area contributed by atoms with E-state index in [0.717, 1.165) is 36.9 Å². The molecule has 0 saturated heterocycles. The van der Waals surface area contributed by atoms with Gasteiger partial charge in [-0.3, -0.25) is 0 Å². The molecule has 0 radical (unpaired) electrons. The Morgan fingerprint density at radius 2 is 2.06 bits per heavy atom. The summed E-state index contributed by atoms with van der Waals surface area (Å²) >= 11 is 0. The van der Waals surface area contributed by atoms with E-state index in [0.29, 0.717) is 6.04 Å². The summed E-state index contributed by atoms with van der Waals surface area (Å²) in [7, 11) is 0. The predicted molar refractivity (Wildman–Crippen MR) is 75.8 cm³/mol. The fraction of sp³-hybridized carbons (Fsp3) is 0.667. The topological polar surface area (TPSA) is 34.1 Å². The maximum absolute atomic E-state index is 5.77. The van der Waals surface area contributed by atoms with E-state index in [9.17, 15) is 0 Å². The lowest BCUT2D eigenvalue weighted by molar-refractivity contribution is 0.283. The van der Waals surface area contributed by atoms with Crippen LogP contribution in [0.4, 0.5) is 0 Å². The zero-order chi connectivity index (χ0) is 13.4. The van der Waals surface area contributed by atoms with E-state index in [1.54, 1.807) is 6.20 Å². The Morgan fingerprint density at radius 1 is 1.28 bits per heavy atom. The highest BCUT2D eigenvalue weighted by Crippen LogP contribution is 2.15. The zero-order valence-electron chi connectivity index (χ0n) is 12.1. The van der Waals surface area contributed by atoms with Crippen molar-refractivity contribution in [2.75, 3.05) is 6.61 Å². The maximum atomic E-state index is 5.77. The van der Waals surface area contributed by atoms with Gasteiger partial charge in [-0.05, 0) is 24.8 Å². The number of ether oxygens (including phenoxy) is 1. The lowest BCUT2D eigenvalue weighted by Crippen LogP contribution is -2.22. The second-order valence-electron chi connectivity index (χ2n) is 5.39. The highest BCUT2D eigenvalue weighted by molar-refractivity contribution is 5.25. The Morgan fingerprint density at radius 3 is 2.72 bits per heavy atom. The summed E-state index contributed by atoms with van der Waals surface area (Å²) in [6.07, 6.45) is 4.08. The number of hydrogen-bond donors (Lipinski definition) is 1. The number of hydrogen-bond acceptors (Lipinski definition) is 3. The second-order valence-corrected chi connectivity index (χ2v) is 5.39. The van der Waals surface area contributed by atoms with Crippen molar-refractivity contribution in [2.45, 2.75) is 53.1 Å². The van der Waals surface area contributed by atoms with Gasteiger partial charge in [0.05, 0.1) is 6.61 Å². The summed E-state index contributed by atoms with van der Waals surface area (Å²) in [5.74, 6) is 1.51. The molecule has 0 saturated carbocycles. The van der Waals surface area contributed by atoms with Gasteiger partial charge in [-0.15, -0.1) is 0 Å². The molecule has 0 aliphatic carbocycles. The monoisotopic (exact) mass is 250 g/mol. The molecule has 0 fully saturated rings. The molecular weight excluding hydrogens is 224 g/mol. The molecule has 1 heterocycles. The fourth-order valence-corrected chi connectivity index (χ4v) is 1.66. The van der Waals surface area contributed by atoms with E-state index in [4.69, 9.17) is 4.74 Å². The zero-order valence-corrected chi connectivity index (χ0v) is 12.1. The quantitative estimate of drug-likeness (QED) is 0.718. The molecule has 102 valence electrons. The van der Waals surface area contributed by atoms with Crippen LogP contribution in [0.3, 0.4) is 0 Å². The normalized spacial score (nSPS) is 11.2. The summed E-state index contributed by atoms with van der Waals surface area (Å²) in [6.45, 7) is 10.3. The summed E-state index contributed by atoms with van der Waals surface area (Å²) < 4.78 is 5.77. The number of aromatic nitrogens is 1. The first-order valence-corrected chi connectivity index (χ1v) is 6.89. The van der Waals surface area contributed by atoms with Gasteiger partial charge in [0.1, 0.15) is 0 Å². The van der Waals surface area contributed by atoms with Gasteiger partial charge in [-0.25, -0.2) is 4.98 Å². The maximum Gasteiger partial charge on any atom is 0.217 e. The molecule has 0 aliphatic heterocycles. The lowest BCUT2D eigenvalue weighted by atomic mass is 10.1. The number of nitrogens with one attached hydrogen (secondary N) is 1. The Balaban J connectivity index is 2.43. The van der Waals surface area contributed by atoms with Crippen LogP contribution in [0.25, 0.3) is 0 Å². The molecule has 0 atom stereocenters. The third-order valence-corrected chi connectivity index (χ3v) is 2.72. The van der Waals surface area contributed by atoms with Gasteiger partial charge in [-0.2, -0.15) is 0 Å². The molecule has 0 aliphatic rings.